The smallest absolute Gasteiger partial charge is 0.232 e. The van der Waals surface area contributed by atoms with Gasteiger partial charge in [0, 0.05) is 12.0 Å². The summed E-state index contributed by atoms with van der Waals surface area (Å²) >= 11 is 0. The molecule has 2 aromatic heterocycles. The zero-order chi connectivity index (χ0) is 17.4. The monoisotopic (exact) mass is 344 g/mol. The lowest BCUT2D eigenvalue weighted by Gasteiger charge is -2.00. The first-order chi connectivity index (χ1) is 12.2. The van der Waals surface area contributed by atoms with E-state index >= 15 is 0 Å². The molecule has 8 heteroatoms. The van der Waals surface area contributed by atoms with Gasteiger partial charge in [0.25, 0.3) is 0 Å². The van der Waals surface area contributed by atoms with Gasteiger partial charge in [0.05, 0.1) is 19.0 Å². The van der Waals surface area contributed by atoms with Crippen molar-refractivity contribution in [2.45, 2.75) is 25.2 Å². The van der Waals surface area contributed by atoms with Crippen LogP contribution >= 0.6 is 0 Å². The molecule has 128 valence electrons. The van der Waals surface area contributed by atoms with Gasteiger partial charge in [0.15, 0.2) is 0 Å². The molecule has 25 heavy (non-hydrogen) atoms. The summed E-state index contributed by atoms with van der Waals surface area (Å²) in [6, 6.07) is 3.60. The molecule has 1 aromatic carbocycles. The van der Waals surface area contributed by atoms with Crippen molar-refractivity contribution in [1.82, 2.24) is 20.1 Å². The molecule has 0 N–H and O–H groups in total. The van der Waals surface area contributed by atoms with E-state index in [4.69, 9.17) is 9.26 Å². The normalized spacial score (nSPS) is 19.0. The van der Waals surface area contributed by atoms with E-state index in [0.29, 0.717) is 41.9 Å². The van der Waals surface area contributed by atoms with E-state index in [1.807, 2.05) is 6.92 Å². The third-order valence-corrected chi connectivity index (χ3v) is 4.06. The van der Waals surface area contributed by atoms with Gasteiger partial charge in [-0.2, -0.15) is 4.98 Å². The highest BCUT2D eigenvalue weighted by molar-refractivity contribution is 5.47. The number of ether oxygens (including phenoxy) is 1. The first-order valence-electron chi connectivity index (χ1n) is 7.89. The summed E-state index contributed by atoms with van der Waals surface area (Å²) in [6.07, 6.45) is 3.67. The Bertz CT molecular complexity index is 898. The summed E-state index contributed by atoms with van der Waals surface area (Å²) in [6.45, 7) is 2.36. The molecular formula is C17H14F2N4O2. The summed E-state index contributed by atoms with van der Waals surface area (Å²) in [7, 11) is 0. The highest BCUT2D eigenvalue weighted by Gasteiger charge is 2.45. The summed E-state index contributed by atoms with van der Waals surface area (Å²) in [4.78, 5) is 12.6. The van der Waals surface area contributed by atoms with E-state index in [-0.39, 0.29) is 11.8 Å². The van der Waals surface area contributed by atoms with Crippen LogP contribution in [0.4, 0.5) is 8.78 Å². The Kier molecular flexibility index (Phi) is 3.87. The van der Waals surface area contributed by atoms with E-state index in [1.165, 1.54) is 24.5 Å². The molecular weight excluding hydrogens is 330 g/mol. The Hall–Kier alpha value is -2.90. The van der Waals surface area contributed by atoms with Crippen LogP contribution in [0.2, 0.25) is 0 Å². The van der Waals surface area contributed by atoms with Crippen LogP contribution in [0.3, 0.4) is 0 Å². The minimum atomic E-state index is -0.590. The molecule has 0 radical (unpaired) electrons. The Morgan fingerprint density at radius 3 is 2.80 bits per heavy atom. The van der Waals surface area contributed by atoms with E-state index in [2.05, 4.69) is 20.1 Å². The van der Waals surface area contributed by atoms with Crippen molar-refractivity contribution >= 4 is 0 Å². The minimum Gasteiger partial charge on any atom is -0.477 e. The number of rotatable bonds is 5. The number of hydrogen-bond acceptors (Lipinski definition) is 6. The number of halogens is 2. The Morgan fingerprint density at radius 1 is 1.20 bits per heavy atom. The van der Waals surface area contributed by atoms with E-state index < -0.39 is 11.6 Å². The molecule has 1 saturated carbocycles. The fourth-order valence-corrected chi connectivity index (χ4v) is 2.76. The van der Waals surface area contributed by atoms with Crippen LogP contribution < -0.4 is 4.74 Å². The first-order valence-corrected chi connectivity index (χ1v) is 7.89. The highest BCUT2D eigenvalue weighted by atomic mass is 19.1. The van der Waals surface area contributed by atoms with Gasteiger partial charge in [-0.3, -0.25) is 0 Å². The molecule has 2 atom stereocenters. The van der Waals surface area contributed by atoms with Crippen LogP contribution in [0, 0.1) is 11.6 Å². The summed E-state index contributed by atoms with van der Waals surface area (Å²) in [5.74, 6) is -0.145. The van der Waals surface area contributed by atoms with Gasteiger partial charge in [-0.25, -0.2) is 18.7 Å². The maximum Gasteiger partial charge on any atom is 0.232 e. The van der Waals surface area contributed by atoms with Crippen molar-refractivity contribution in [3.05, 3.63) is 53.7 Å². The molecule has 4 rings (SSSR count). The number of hydrogen-bond donors (Lipinski definition) is 0. The SMILES string of the molecule is CCOc1cnc(-c2noc([C@@H]3C[C@H]3c3ccc(F)cc3F)n2)cn1. The topological polar surface area (TPSA) is 73.9 Å². The fraction of sp³-hybridized carbons (Fsp3) is 0.294. The Labute approximate surface area is 141 Å². The van der Waals surface area contributed by atoms with Crippen molar-refractivity contribution in [3.8, 4) is 17.4 Å². The molecule has 1 fully saturated rings. The van der Waals surface area contributed by atoms with E-state index in [9.17, 15) is 8.78 Å². The second-order valence-electron chi connectivity index (χ2n) is 5.74. The quantitative estimate of drug-likeness (QED) is 0.705. The van der Waals surface area contributed by atoms with Gasteiger partial charge in [-0.1, -0.05) is 11.2 Å². The zero-order valence-corrected chi connectivity index (χ0v) is 13.3. The Morgan fingerprint density at radius 2 is 2.08 bits per heavy atom. The van der Waals surface area contributed by atoms with Crippen molar-refractivity contribution < 1.29 is 18.0 Å². The fourth-order valence-electron chi connectivity index (χ4n) is 2.76. The van der Waals surface area contributed by atoms with Gasteiger partial charge in [0.2, 0.25) is 17.6 Å². The lowest BCUT2D eigenvalue weighted by atomic mass is 10.1. The average Bonchev–Trinajstić information content (AvgIpc) is 3.23. The second kappa shape index (κ2) is 6.19. The highest BCUT2D eigenvalue weighted by Crippen LogP contribution is 2.54. The lowest BCUT2D eigenvalue weighted by molar-refractivity contribution is 0.325. The van der Waals surface area contributed by atoms with Gasteiger partial charge in [-0.05, 0) is 30.9 Å². The van der Waals surface area contributed by atoms with Gasteiger partial charge >= 0.3 is 0 Å². The second-order valence-corrected chi connectivity index (χ2v) is 5.74. The van der Waals surface area contributed by atoms with Crippen molar-refractivity contribution in [1.29, 1.82) is 0 Å². The molecule has 6 nitrogen and oxygen atoms in total. The van der Waals surface area contributed by atoms with Crippen LogP contribution in [0.5, 0.6) is 5.88 Å². The molecule has 3 aromatic rings. The number of nitrogens with zero attached hydrogens (tertiary/aromatic N) is 4. The molecule has 1 aliphatic rings. The molecule has 0 amide bonds. The maximum absolute atomic E-state index is 13.9. The minimum absolute atomic E-state index is 0.0723. The summed E-state index contributed by atoms with van der Waals surface area (Å²) in [5, 5.41) is 3.90. The van der Waals surface area contributed by atoms with Crippen LogP contribution in [-0.4, -0.2) is 26.7 Å². The third kappa shape index (κ3) is 3.07. The van der Waals surface area contributed by atoms with E-state index in [0.717, 1.165) is 6.07 Å². The molecule has 0 aliphatic heterocycles. The molecule has 0 unspecified atom stereocenters. The average molecular weight is 344 g/mol. The van der Waals surface area contributed by atoms with Gasteiger partial charge in [-0.15, -0.1) is 0 Å². The van der Waals surface area contributed by atoms with Crippen LogP contribution in [-0.2, 0) is 0 Å². The summed E-state index contributed by atoms with van der Waals surface area (Å²) in [5.41, 5.74) is 0.927. The van der Waals surface area contributed by atoms with E-state index in [1.54, 1.807) is 0 Å². The molecule has 0 spiro atoms. The van der Waals surface area contributed by atoms with Crippen LogP contribution in [0.1, 0.15) is 36.6 Å². The summed E-state index contributed by atoms with van der Waals surface area (Å²) < 4.78 is 37.4. The largest absolute Gasteiger partial charge is 0.477 e. The number of aromatic nitrogens is 4. The standard InChI is InChI=1S/C17H14F2N4O2/c1-2-24-15-8-20-14(7-21-15)16-22-17(25-23-16)12-6-11(12)10-4-3-9(18)5-13(10)19/h3-5,7-8,11-12H,2,6H2,1H3/t11-,12+/m0/s1. The van der Waals surface area contributed by atoms with Crippen LogP contribution in [0.25, 0.3) is 11.5 Å². The number of benzene rings is 1. The van der Waals surface area contributed by atoms with Crippen molar-refractivity contribution in [2.75, 3.05) is 6.61 Å². The predicted octanol–water partition coefficient (Wildman–Crippen LogP) is 3.47. The van der Waals surface area contributed by atoms with Gasteiger partial charge in [0.1, 0.15) is 17.3 Å². The van der Waals surface area contributed by atoms with Crippen molar-refractivity contribution in [3.63, 3.8) is 0 Å². The molecule has 0 bridgehead atoms. The maximum atomic E-state index is 13.9. The van der Waals surface area contributed by atoms with Gasteiger partial charge < -0.3 is 9.26 Å². The Balaban J connectivity index is 1.50. The zero-order valence-electron chi connectivity index (χ0n) is 13.3. The predicted molar refractivity (Wildman–Crippen MR) is 83.0 cm³/mol. The third-order valence-electron chi connectivity index (χ3n) is 4.06. The van der Waals surface area contributed by atoms with Crippen LogP contribution in [0.15, 0.2) is 35.1 Å². The molecule has 1 aliphatic carbocycles. The first kappa shape index (κ1) is 15.6. The molecule has 2 heterocycles. The molecule has 0 saturated heterocycles. The van der Waals surface area contributed by atoms with Crippen molar-refractivity contribution in [2.24, 2.45) is 0 Å². The lowest BCUT2D eigenvalue weighted by Crippen LogP contribution is -1.96.